The second kappa shape index (κ2) is 4.29. The summed E-state index contributed by atoms with van der Waals surface area (Å²) in [5.41, 5.74) is 2.50. The highest BCUT2D eigenvalue weighted by Crippen LogP contribution is 2.42. The van der Waals surface area contributed by atoms with Crippen molar-refractivity contribution >= 4 is 11.6 Å². The van der Waals surface area contributed by atoms with E-state index in [1.807, 2.05) is 13.2 Å². The van der Waals surface area contributed by atoms with Crippen LogP contribution in [-0.4, -0.2) is 6.10 Å². The van der Waals surface area contributed by atoms with Crippen LogP contribution in [-0.2, 0) is 4.74 Å². The van der Waals surface area contributed by atoms with Crippen molar-refractivity contribution in [2.75, 3.05) is 0 Å². The molecule has 2 aliphatic rings. The first-order valence-electron chi connectivity index (χ1n) is 5.92. The van der Waals surface area contributed by atoms with Crippen LogP contribution in [0.3, 0.4) is 0 Å². The van der Waals surface area contributed by atoms with Crippen molar-refractivity contribution < 1.29 is 4.74 Å². The molecule has 0 N–H and O–H groups in total. The van der Waals surface area contributed by atoms with Gasteiger partial charge in [0.05, 0.1) is 11.3 Å². The van der Waals surface area contributed by atoms with Gasteiger partial charge in [0.2, 0.25) is 0 Å². The lowest BCUT2D eigenvalue weighted by Gasteiger charge is -2.26. The quantitative estimate of drug-likeness (QED) is 0.699. The first-order chi connectivity index (χ1) is 7.52. The summed E-state index contributed by atoms with van der Waals surface area (Å²) in [4.78, 5) is 0. The highest BCUT2D eigenvalue weighted by molar-refractivity contribution is 6.30. The Labute approximate surface area is 103 Å². The smallest absolute Gasteiger partial charge is 0.144 e. The van der Waals surface area contributed by atoms with Gasteiger partial charge in [0.15, 0.2) is 0 Å². The lowest BCUT2D eigenvalue weighted by Crippen LogP contribution is -2.23. The Hall–Kier alpha value is -0.690. The maximum atomic E-state index is 6.29. The summed E-state index contributed by atoms with van der Waals surface area (Å²) in [6.45, 7) is 8.78. The fraction of sp³-hybridized carbons (Fsp3) is 0.571. The maximum absolute atomic E-state index is 6.29. The van der Waals surface area contributed by atoms with Crippen LogP contribution >= 0.6 is 11.6 Å². The number of hydrogen-bond acceptors (Lipinski definition) is 1. The van der Waals surface area contributed by atoms with Gasteiger partial charge in [-0.15, -0.1) is 0 Å². The number of rotatable bonds is 2. The molecule has 0 fully saturated rings. The highest BCUT2D eigenvalue weighted by Gasteiger charge is 2.37. The summed E-state index contributed by atoms with van der Waals surface area (Å²) in [6.07, 6.45) is 6.29. The Morgan fingerprint density at radius 2 is 2.00 bits per heavy atom. The van der Waals surface area contributed by atoms with Gasteiger partial charge in [-0.25, -0.2) is 0 Å². The van der Waals surface area contributed by atoms with Crippen molar-refractivity contribution in [3.8, 4) is 0 Å². The lowest BCUT2D eigenvalue weighted by molar-refractivity contribution is 0.186. The third-order valence-corrected chi connectivity index (χ3v) is 4.28. The third kappa shape index (κ3) is 1.82. The zero-order chi connectivity index (χ0) is 11.9. The van der Waals surface area contributed by atoms with Crippen LogP contribution in [0.2, 0.25) is 0 Å². The van der Waals surface area contributed by atoms with Crippen LogP contribution < -0.4 is 0 Å². The monoisotopic (exact) mass is 238 g/mol. The first-order valence-corrected chi connectivity index (χ1v) is 6.30. The second-order valence-corrected chi connectivity index (χ2v) is 5.53. The fourth-order valence-electron chi connectivity index (χ4n) is 2.27. The first kappa shape index (κ1) is 11.8. The molecule has 1 aliphatic carbocycles. The van der Waals surface area contributed by atoms with Crippen LogP contribution in [0, 0.1) is 17.8 Å². The SMILES string of the molecule is CC1=C(Cl)C2OC=C([C@@H](C)C(C)C)C2C=C1. The molecule has 0 saturated heterocycles. The van der Waals surface area contributed by atoms with Crippen molar-refractivity contribution in [1.82, 2.24) is 0 Å². The van der Waals surface area contributed by atoms with Crippen molar-refractivity contribution in [2.24, 2.45) is 17.8 Å². The van der Waals surface area contributed by atoms with Gasteiger partial charge in [-0.2, -0.15) is 0 Å². The van der Waals surface area contributed by atoms with E-state index >= 15 is 0 Å². The van der Waals surface area contributed by atoms with E-state index < -0.39 is 0 Å². The molecular weight excluding hydrogens is 220 g/mol. The molecule has 2 unspecified atom stereocenters. The Balaban J connectivity index is 2.22. The third-order valence-electron chi connectivity index (χ3n) is 3.77. The van der Waals surface area contributed by atoms with Gasteiger partial charge in [0.1, 0.15) is 6.10 Å². The molecule has 0 bridgehead atoms. The van der Waals surface area contributed by atoms with Crippen molar-refractivity contribution in [3.05, 3.63) is 34.6 Å². The average Bonchev–Trinajstić information content (AvgIpc) is 2.66. The van der Waals surface area contributed by atoms with Gasteiger partial charge in [0, 0.05) is 5.92 Å². The zero-order valence-electron chi connectivity index (χ0n) is 10.3. The standard InChI is InChI=1S/C14H19ClO/c1-8(2)10(4)12-7-16-14-11(12)6-5-9(3)13(14)15/h5-8,10-11,14H,1-4H3/t10-,11?,14?/m0/s1. The van der Waals surface area contributed by atoms with Crippen molar-refractivity contribution in [3.63, 3.8) is 0 Å². The number of ether oxygens (including phenoxy) is 1. The van der Waals surface area contributed by atoms with E-state index in [4.69, 9.17) is 16.3 Å². The van der Waals surface area contributed by atoms with Crippen molar-refractivity contribution in [2.45, 2.75) is 33.8 Å². The van der Waals surface area contributed by atoms with Crippen LogP contribution in [0.25, 0.3) is 0 Å². The van der Waals surface area contributed by atoms with Gasteiger partial charge >= 0.3 is 0 Å². The van der Waals surface area contributed by atoms with E-state index in [2.05, 4.69) is 32.9 Å². The normalized spacial score (nSPS) is 30.2. The molecule has 1 heterocycles. The van der Waals surface area contributed by atoms with E-state index in [-0.39, 0.29) is 6.10 Å². The molecule has 0 saturated carbocycles. The van der Waals surface area contributed by atoms with E-state index in [9.17, 15) is 0 Å². The number of hydrogen-bond donors (Lipinski definition) is 0. The second-order valence-electron chi connectivity index (χ2n) is 5.12. The minimum atomic E-state index is 0.0304. The minimum absolute atomic E-state index is 0.0304. The minimum Gasteiger partial charge on any atom is -0.491 e. The molecule has 2 heteroatoms. The van der Waals surface area contributed by atoms with E-state index in [1.54, 1.807) is 0 Å². The van der Waals surface area contributed by atoms with Crippen LogP contribution in [0.1, 0.15) is 27.7 Å². The predicted molar refractivity (Wildman–Crippen MR) is 68.1 cm³/mol. The molecule has 16 heavy (non-hydrogen) atoms. The molecule has 1 nitrogen and oxygen atoms in total. The topological polar surface area (TPSA) is 9.23 Å². The molecule has 0 spiro atoms. The Bertz CT molecular complexity index is 376. The molecule has 0 aromatic heterocycles. The predicted octanol–water partition coefficient (Wildman–Crippen LogP) is 4.26. The summed E-state index contributed by atoms with van der Waals surface area (Å²) < 4.78 is 5.72. The summed E-state index contributed by atoms with van der Waals surface area (Å²) in [6, 6.07) is 0. The fourth-order valence-corrected chi connectivity index (χ4v) is 2.52. The van der Waals surface area contributed by atoms with E-state index in [0.29, 0.717) is 17.8 Å². The molecular formula is C14H19ClO. The van der Waals surface area contributed by atoms with Gasteiger partial charge < -0.3 is 4.74 Å². The van der Waals surface area contributed by atoms with Crippen molar-refractivity contribution in [1.29, 1.82) is 0 Å². The number of allylic oxidation sites excluding steroid dienone is 2. The molecule has 0 amide bonds. The number of halogens is 1. The summed E-state index contributed by atoms with van der Waals surface area (Å²) in [5.74, 6) is 1.52. The van der Waals surface area contributed by atoms with Gasteiger partial charge in [0.25, 0.3) is 0 Å². The number of fused-ring (bicyclic) bond motifs is 1. The van der Waals surface area contributed by atoms with E-state index in [0.717, 1.165) is 10.6 Å². The van der Waals surface area contributed by atoms with Crippen LogP contribution in [0.5, 0.6) is 0 Å². The summed E-state index contributed by atoms with van der Waals surface area (Å²) >= 11 is 6.29. The van der Waals surface area contributed by atoms with Gasteiger partial charge in [-0.1, -0.05) is 44.5 Å². The molecule has 2 rings (SSSR count). The van der Waals surface area contributed by atoms with Gasteiger partial charge in [-0.05, 0) is 29.9 Å². The Morgan fingerprint density at radius 1 is 1.31 bits per heavy atom. The molecule has 0 radical (unpaired) electrons. The zero-order valence-corrected chi connectivity index (χ0v) is 11.1. The molecule has 88 valence electrons. The van der Waals surface area contributed by atoms with Crippen LogP contribution in [0.15, 0.2) is 34.6 Å². The Kier molecular flexibility index (Phi) is 3.16. The average molecular weight is 239 g/mol. The highest BCUT2D eigenvalue weighted by atomic mass is 35.5. The molecule has 3 atom stereocenters. The van der Waals surface area contributed by atoms with Crippen LogP contribution in [0.4, 0.5) is 0 Å². The lowest BCUT2D eigenvalue weighted by atomic mass is 9.80. The largest absolute Gasteiger partial charge is 0.491 e. The Morgan fingerprint density at radius 3 is 2.62 bits per heavy atom. The molecule has 1 aliphatic heterocycles. The van der Waals surface area contributed by atoms with Gasteiger partial charge in [-0.3, -0.25) is 0 Å². The maximum Gasteiger partial charge on any atom is 0.144 e. The molecule has 0 aromatic rings. The van der Waals surface area contributed by atoms with E-state index in [1.165, 1.54) is 5.57 Å². The summed E-state index contributed by atoms with van der Waals surface area (Å²) in [5, 5.41) is 0.856. The molecule has 0 aromatic carbocycles. The summed E-state index contributed by atoms with van der Waals surface area (Å²) in [7, 11) is 0.